The van der Waals surface area contributed by atoms with E-state index in [1.807, 2.05) is 0 Å². The third-order valence-corrected chi connectivity index (χ3v) is 4.96. The van der Waals surface area contributed by atoms with Crippen LogP contribution in [0.25, 0.3) is 0 Å². The Morgan fingerprint density at radius 2 is 1.00 bits per heavy atom. The number of carbonyl (C=O) groups is 4. The third kappa shape index (κ3) is 8.74. The summed E-state index contributed by atoms with van der Waals surface area (Å²) >= 11 is 0. The van der Waals surface area contributed by atoms with E-state index < -0.39 is 66.1 Å². The first-order chi connectivity index (χ1) is 10.9. The molecule has 28 heavy (non-hydrogen) atoms. The molecule has 0 saturated heterocycles. The van der Waals surface area contributed by atoms with E-state index in [4.69, 9.17) is 11.5 Å². The van der Waals surface area contributed by atoms with Crippen molar-refractivity contribution in [3.05, 3.63) is 0 Å². The Morgan fingerprint density at radius 1 is 0.643 bits per heavy atom. The number of nitrogens with two attached hydrogens (primary N) is 2. The number of aliphatic carboxylic acids is 4. The van der Waals surface area contributed by atoms with Crippen molar-refractivity contribution in [2.24, 2.45) is 16.9 Å². The van der Waals surface area contributed by atoms with Crippen molar-refractivity contribution < 1.29 is 158 Å². The summed E-state index contributed by atoms with van der Waals surface area (Å²) in [5.41, 5.74) is 6.26. The van der Waals surface area contributed by atoms with Crippen LogP contribution in [0.4, 0.5) is 0 Å². The molecule has 2 atom stereocenters. The van der Waals surface area contributed by atoms with Gasteiger partial charge in [-0.1, -0.05) is 6.42 Å². The van der Waals surface area contributed by atoms with Gasteiger partial charge in [0, 0.05) is 53.2 Å². The molecule has 1 saturated carbocycles. The minimum Gasteiger partial charge on any atom is -0.550 e. The van der Waals surface area contributed by atoms with E-state index in [1.54, 1.807) is 0 Å². The molecule has 14 heteroatoms. The van der Waals surface area contributed by atoms with E-state index in [0.29, 0.717) is 0 Å². The van der Waals surface area contributed by atoms with Gasteiger partial charge in [-0.3, -0.25) is 0 Å². The molecule has 0 radical (unpaired) electrons. The molecule has 0 aromatic heterocycles. The summed E-state index contributed by atoms with van der Waals surface area (Å²) in [6.45, 7) is 0. The zero-order valence-electron chi connectivity index (χ0n) is 16.9. The number of carboxylic acid groups (broad SMARTS) is 4. The minimum absolute atomic E-state index is 0. The summed E-state index contributed by atoms with van der Waals surface area (Å²) in [7, 11) is 0. The van der Waals surface area contributed by atoms with Crippen molar-refractivity contribution in [3.63, 3.8) is 0 Å². The van der Waals surface area contributed by atoms with Crippen LogP contribution in [0.3, 0.4) is 0 Å². The average Bonchev–Trinajstić information content (AvgIpc) is 2.33. The van der Waals surface area contributed by atoms with Crippen LogP contribution in [-0.2, 0) is 19.2 Å². The summed E-state index contributed by atoms with van der Waals surface area (Å²) in [6, 6.07) is 0. The molecular formula is C14H18N2Na4O8. The predicted octanol–water partition coefficient (Wildman–Crippen LogP) is -17.9. The first-order valence-electron chi connectivity index (χ1n) is 7.25. The Hall–Kier alpha value is 1.80. The molecule has 0 heterocycles. The van der Waals surface area contributed by atoms with Crippen LogP contribution in [0.5, 0.6) is 0 Å². The maximum absolute atomic E-state index is 11.2. The van der Waals surface area contributed by atoms with E-state index >= 15 is 0 Å². The maximum Gasteiger partial charge on any atom is 1.00 e. The molecule has 1 aliphatic rings. The first-order valence-corrected chi connectivity index (χ1v) is 7.25. The van der Waals surface area contributed by atoms with Crippen LogP contribution in [0.15, 0.2) is 0 Å². The quantitative estimate of drug-likeness (QED) is 0.344. The van der Waals surface area contributed by atoms with Gasteiger partial charge in [0.2, 0.25) is 0 Å². The third-order valence-electron chi connectivity index (χ3n) is 4.96. The molecule has 1 aliphatic carbocycles. The van der Waals surface area contributed by atoms with Crippen molar-refractivity contribution in [1.82, 2.24) is 0 Å². The molecule has 10 nitrogen and oxygen atoms in total. The van der Waals surface area contributed by atoms with Crippen molar-refractivity contribution in [2.75, 3.05) is 0 Å². The van der Waals surface area contributed by atoms with Crippen LogP contribution >= 0.6 is 0 Å². The van der Waals surface area contributed by atoms with Crippen molar-refractivity contribution >= 4 is 23.9 Å². The summed E-state index contributed by atoms with van der Waals surface area (Å²) < 4.78 is 0. The largest absolute Gasteiger partial charge is 1.00 e. The van der Waals surface area contributed by atoms with Crippen LogP contribution in [0.2, 0.25) is 0 Å². The van der Waals surface area contributed by atoms with E-state index in [-0.39, 0.29) is 137 Å². The number of carbonyl (C=O) groups excluding carboxylic acids is 4. The number of hydrogen-bond acceptors (Lipinski definition) is 10. The fraction of sp³-hybridized carbons (Fsp3) is 0.714. The second-order valence-corrected chi connectivity index (χ2v) is 6.46. The topological polar surface area (TPSA) is 213 Å². The maximum atomic E-state index is 11.2. The monoisotopic (exact) mass is 434 g/mol. The standard InChI is InChI=1S/C14H22N2O8.4Na/c15-13(6-10(21)22)3-1-2-12(4-8(17)18,5-9(19)20)14(13,16)7-11(23)24;;;;/h1-7,15-16H2,(H,17,18)(H,19,20)(H,21,22)(H,23,24);;;;/q;4*+1/p-4. The Balaban J connectivity index is -0.000000720. The van der Waals surface area contributed by atoms with Crippen LogP contribution in [-0.4, -0.2) is 35.0 Å². The van der Waals surface area contributed by atoms with Gasteiger partial charge in [-0.05, 0) is 25.7 Å². The van der Waals surface area contributed by atoms with E-state index in [0.717, 1.165) is 0 Å². The van der Waals surface area contributed by atoms with Gasteiger partial charge in [0.15, 0.2) is 0 Å². The van der Waals surface area contributed by atoms with Gasteiger partial charge in [0.1, 0.15) is 0 Å². The molecule has 0 aromatic carbocycles. The predicted molar refractivity (Wildman–Crippen MR) is 68.6 cm³/mol. The second kappa shape index (κ2) is 14.8. The zero-order valence-corrected chi connectivity index (χ0v) is 24.9. The van der Waals surface area contributed by atoms with Gasteiger partial charge in [0.25, 0.3) is 0 Å². The second-order valence-electron chi connectivity index (χ2n) is 6.46. The van der Waals surface area contributed by atoms with Crippen LogP contribution in [0.1, 0.15) is 44.9 Å². The van der Waals surface area contributed by atoms with Gasteiger partial charge in [-0.15, -0.1) is 0 Å². The zero-order chi connectivity index (χ0) is 18.8. The first kappa shape index (κ1) is 37.1. The molecule has 4 N–H and O–H groups in total. The molecule has 1 rings (SSSR count). The van der Waals surface area contributed by atoms with Crippen LogP contribution in [0, 0.1) is 5.41 Å². The smallest absolute Gasteiger partial charge is 0.550 e. The average molecular weight is 434 g/mol. The van der Waals surface area contributed by atoms with Gasteiger partial charge in [-0.2, -0.15) is 0 Å². The van der Waals surface area contributed by atoms with E-state index in [9.17, 15) is 39.6 Å². The Morgan fingerprint density at radius 3 is 1.32 bits per heavy atom. The van der Waals surface area contributed by atoms with E-state index in [2.05, 4.69) is 0 Å². The number of hydrogen-bond donors (Lipinski definition) is 2. The Labute approximate surface area is 251 Å². The molecule has 0 aromatic rings. The van der Waals surface area contributed by atoms with Gasteiger partial charge in [-0.25, -0.2) is 0 Å². The Kier molecular flexibility index (Phi) is 19.6. The van der Waals surface area contributed by atoms with Crippen molar-refractivity contribution in [3.8, 4) is 0 Å². The van der Waals surface area contributed by atoms with Crippen LogP contribution < -0.4 is 150 Å². The molecule has 136 valence electrons. The number of carboxylic acids is 4. The van der Waals surface area contributed by atoms with Crippen molar-refractivity contribution in [2.45, 2.75) is 56.0 Å². The Bertz CT molecular complexity index is 564. The molecule has 1 fully saturated rings. The summed E-state index contributed by atoms with van der Waals surface area (Å²) in [6.07, 6.45) is -3.68. The molecule has 2 unspecified atom stereocenters. The normalized spacial score (nSPS) is 24.8. The van der Waals surface area contributed by atoms with Gasteiger partial charge < -0.3 is 51.1 Å². The van der Waals surface area contributed by atoms with E-state index in [1.165, 1.54) is 0 Å². The van der Waals surface area contributed by atoms with Crippen molar-refractivity contribution in [1.29, 1.82) is 0 Å². The summed E-state index contributed by atoms with van der Waals surface area (Å²) in [5, 5.41) is 44.5. The van der Waals surface area contributed by atoms with Gasteiger partial charge >= 0.3 is 118 Å². The van der Waals surface area contributed by atoms with Gasteiger partial charge in [0.05, 0.1) is 0 Å². The SMILES string of the molecule is NC1(CC(=O)[O-])CCCC(CC(=O)[O-])(CC(=O)[O-])C1(N)CC(=O)[O-].[Na+].[Na+].[Na+].[Na+]. The fourth-order valence-electron chi connectivity index (χ4n) is 3.92. The molecule has 0 spiro atoms. The molecule has 0 aliphatic heterocycles. The fourth-order valence-corrected chi connectivity index (χ4v) is 3.92. The summed E-state index contributed by atoms with van der Waals surface area (Å²) in [4.78, 5) is 44.5. The number of rotatable bonds is 8. The summed E-state index contributed by atoms with van der Waals surface area (Å²) in [5.74, 6) is -6.67. The molecular weight excluding hydrogens is 416 g/mol. The minimum atomic E-state index is -2.18. The molecule has 0 bridgehead atoms. The molecule has 0 amide bonds.